The van der Waals surface area contributed by atoms with Crippen molar-refractivity contribution >= 4 is 5.84 Å². The van der Waals surface area contributed by atoms with Crippen LogP contribution in [0.15, 0.2) is 24.4 Å². The van der Waals surface area contributed by atoms with E-state index in [4.69, 9.17) is 0 Å². The summed E-state index contributed by atoms with van der Waals surface area (Å²) in [6, 6.07) is 5.18. The van der Waals surface area contributed by atoms with Crippen LogP contribution in [0.25, 0.3) is 0 Å². The first-order valence-corrected chi connectivity index (χ1v) is 5.53. The Morgan fingerprint density at radius 2 is 1.82 bits per heavy atom. The standard InChI is InChI=1S/C12H16N3O2/c1-11(2)12(3,4)15(17)10(14(11)16)9-7-5-6-8-13-9/h5-8H,1-4H3/q+1. The quantitative estimate of drug-likeness (QED) is 0.548. The van der Waals surface area contributed by atoms with E-state index < -0.39 is 11.1 Å². The van der Waals surface area contributed by atoms with Gasteiger partial charge in [-0.3, -0.25) is 0 Å². The normalized spacial score (nSPS) is 22.0. The molecule has 0 bridgehead atoms. The molecule has 0 saturated heterocycles. The van der Waals surface area contributed by atoms with Crippen molar-refractivity contribution in [1.82, 2.24) is 4.98 Å². The fourth-order valence-electron chi connectivity index (χ4n) is 1.81. The molecule has 90 valence electrons. The van der Waals surface area contributed by atoms with Crippen molar-refractivity contribution in [2.24, 2.45) is 0 Å². The maximum Gasteiger partial charge on any atom is 0.523 e. The lowest BCUT2D eigenvalue weighted by atomic mass is 9.84. The van der Waals surface area contributed by atoms with E-state index in [1.807, 2.05) is 0 Å². The Morgan fingerprint density at radius 1 is 1.18 bits per heavy atom. The number of hydroxylamine groups is 1. The molecule has 2 heterocycles. The van der Waals surface area contributed by atoms with Crippen LogP contribution >= 0.6 is 0 Å². The third kappa shape index (κ3) is 1.38. The van der Waals surface area contributed by atoms with Crippen LogP contribution in [0.5, 0.6) is 0 Å². The molecule has 0 N–H and O–H groups in total. The third-order valence-corrected chi connectivity index (χ3v) is 3.79. The molecule has 0 saturated carbocycles. The second kappa shape index (κ2) is 3.35. The Labute approximate surface area is 100.0 Å². The molecule has 0 radical (unpaired) electrons. The van der Waals surface area contributed by atoms with Crippen LogP contribution in [-0.4, -0.2) is 31.4 Å². The maximum atomic E-state index is 12.3. The van der Waals surface area contributed by atoms with Crippen molar-refractivity contribution in [3.8, 4) is 0 Å². The average Bonchev–Trinajstić information content (AvgIpc) is 2.40. The molecule has 0 fully saturated rings. The number of nitroso groups, excluding NO2 is 1. The van der Waals surface area contributed by atoms with E-state index in [-0.39, 0.29) is 5.84 Å². The molecule has 0 atom stereocenters. The summed E-state index contributed by atoms with van der Waals surface area (Å²) in [5.41, 5.74) is -1.17. The van der Waals surface area contributed by atoms with Gasteiger partial charge in [0, 0.05) is 38.8 Å². The van der Waals surface area contributed by atoms with Crippen LogP contribution in [-0.2, 0) is 0 Å². The van der Waals surface area contributed by atoms with Gasteiger partial charge in [0.05, 0.1) is 0 Å². The van der Waals surface area contributed by atoms with Gasteiger partial charge in [0.1, 0.15) is 4.76 Å². The highest BCUT2D eigenvalue weighted by atomic mass is 16.5. The largest absolute Gasteiger partial charge is 0.618 e. The number of hydrogen-bond acceptors (Lipinski definition) is 3. The molecule has 0 spiro atoms. The predicted octanol–water partition coefficient (Wildman–Crippen LogP) is 1.69. The number of rotatable bonds is 1. The molecule has 1 aromatic rings. The minimum Gasteiger partial charge on any atom is -0.618 e. The molecule has 5 nitrogen and oxygen atoms in total. The van der Waals surface area contributed by atoms with Gasteiger partial charge in [-0.15, -0.1) is 4.74 Å². The Hall–Kier alpha value is -1.78. The summed E-state index contributed by atoms with van der Waals surface area (Å²) in [5, 5.41) is 12.3. The summed E-state index contributed by atoms with van der Waals surface area (Å²) < 4.78 is 1.53. The molecule has 5 heteroatoms. The first-order chi connectivity index (χ1) is 7.80. The van der Waals surface area contributed by atoms with Gasteiger partial charge in [-0.05, 0) is 12.1 Å². The van der Waals surface area contributed by atoms with Gasteiger partial charge in [-0.25, -0.2) is 4.98 Å². The second-order valence-electron chi connectivity index (χ2n) is 5.25. The van der Waals surface area contributed by atoms with E-state index >= 15 is 0 Å². The molecule has 0 aromatic carbocycles. The monoisotopic (exact) mass is 234 g/mol. The van der Waals surface area contributed by atoms with E-state index in [0.717, 1.165) is 9.50 Å². The molecule has 0 unspecified atom stereocenters. The lowest BCUT2D eigenvalue weighted by Crippen LogP contribution is -2.50. The summed E-state index contributed by atoms with van der Waals surface area (Å²) in [4.78, 5) is 16.3. The van der Waals surface area contributed by atoms with Crippen molar-refractivity contribution in [3.63, 3.8) is 0 Å². The minimum atomic E-state index is -0.790. The molecule has 2 rings (SSSR count). The Balaban J connectivity index is 2.64. The molecule has 0 amide bonds. The first-order valence-electron chi connectivity index (χ1n) is 5.53. The molecule has 17 heavy (non-hydrogen) atoms. The molecular formula is C12H16N3O2+. The number of aromatic nitrogens is 1. The second-order valence-corrected chi connectivity index (χ2v) is 5.25. The van der Waals surface area contributed by atoms with Gasteiger partial charge in [0.25, 0.3) is 5.54 Å². The fraction of sp³-hybridized carbons (Fsp3) is 0.500. The van der Waals surface area contributed by atoms with Crippen LogP contribution < -0.4 is 0 Å². The van der Waals surface area contributed by atoms with E-state index in [1.165, 1.54) is 0 Å². The van der Waals surface area contributed by atoms with Gasteiger partial charge in [0.15, 0.2) is 0 Å². The summed E-state index contributed by atoms with van der Waals surface area (Å²) in [5.74, 6) is 0.0839. The lowest BCUT2D eigenvalue weighted by molar-refractivity contribution is -0.555. The first kappa shape index (κ1) is 11.7. The summed E-state index contributed by atoms with van der Waals surface area (Å²) in [6.45, 7) is 7.06. The predicted molar refractivity (Wildman–Crippen MR) is 63.8 cm³/mol. The van der Waals surface area contributed by atoms with Gasteiger partial charge in [-0.1, -0.05) is 6.07 Å². The zero-order valence-electron chi connectivity index (χ0n) is 10.5. The molecule has 1 aromatic heterocycles. The zero-order valence-corrected chi connectivity index (χ0v) is 10.5. The Morgan fingerprint density at radius 3 is 2.24 bits per heavy atom. The van der Waals surface area contributed by atoms with Crippen LogP contribution in [0, 0.1) is 10.1 Å². The SMILES string of the molecule is CC1(C)[N+](=O)C(c2ccccn2)=[N+]([O-])C1(C)C. The number of amidine groups is 1. The van der Waals surface area contributed by atoms with E-state index in [0.29, 0.717) is 5.69 Å². The summed E-state index contributed by atoms with van der Waals surface area (Å²) in [6.07, 6.45) is 1.57. The van der Waals surface area contributed by atoms with E-state index in [1.54, 1.807) is 52.1 Å². The van der Waals surface area contributed by atoms with Gasteiger partial charge in [-0.2, -0.15) is 0 Å². The Bertz CT molecular complexity index is 504. The number of pyridine rings is 1. The molecule has 1 aliphatic heterocycles. The summed E-state index contributed by atoms with van der Waals surface area (Å²) in [7, 11) is 0. The van der Waals surface area contributed by atoms with Gasteiger partial charge in [0.2, 0.25) is 11.2 Å². The highest BCUT2D eigenvalue weighted by molar-refractivity contribution is 5.87. The topological polar surface area (TPSA) is 59.0 Å². The lowest BCUT2D eigenvalue weighted by Gasteiger charge is -2.22. The average molecular weight is 234 g/mol. The van der Waals surface area contributed by atoms with Crippen molar-refractivity contribution < 1.29 is 9.50 Å². The van der Waals surface area contributed by atoms with Gasteiger partial charge < -0.3 is 5.21 Å². The van der Waals surface area contributed by atoms with Crippen LogP contribution in [0.3, 0.4) is 0 Å². The molecule has 1 aliphatic rings. The minimum absolute atomic E-state index is 0.0839. The smallest absolute Gasteiger partial charge is 0.523 e. The van der Waals surface area contributed by atoms with E-state index in [9.17, 15) is 10.1 Å². The molecular weight excluding hydrogens is 218 g/mol. The van der Waals surface area contributed by atoms with Crippen molar-refractivity contribution in [3.05, 3.63) is 40.2 Å². The fourth-order valence-corrected chi connectivity index (χ4v) is 1.81. The van der Waals surface area contributed by atoms with E-state index in [2.05, 4.69) is 4.98 Å². The Kier molecular flexibility index (Phi) is 2.31. The van der Waals surface area contributed by atoms with Crippen molar-refractivity contribution in [1.29, 1.82) is 0 Å². The summed E-state index contributed by atoms with van der Waals surface area (Å²) >= 11 is 0. The third-order valence-electron chi connectivity index (χ3n) is 3.79. The maximum absolute atomic E-state index is 12.3. The number of hydrogen-bond donors (Lipinski definition) is 0. The van der Waals surface area contributed by atoms with Crippen molar-refractivity contribution in [2.75, 3.05) is 0 Å². The highest BCUT2D eigenvalue weighted by Gasteiger charge is 2.68. The van der Waals surface area contributed by atoms with Crippen LogP contribution in [0.4, 0.5) is 0 Å². The van der Waals surface area contributed by atoms with Crippen LogP contribution in [0.1, 0.15) is 33.4 Å². The molecule has 0 aliphatic carbocycles. The number of nitrogens with zero attached hydrogens (tertiary/aromatic N) is 3. The zero-order chi connectivity index (χ0) is 12.8. The van der Waals surface area contributed by atoms with Gasteiger partial charge >= 0.3 is 5.84 Å². The highest BCUT2D eigenvalue weighted by Crippen LogP contribution is 2.34. The van der Waals surface area contributed by atoms with Crippen LogP contribution in [0.2, 0.25) is 0 Å². The van der Waals surface area contributed by atoms with Crippen molar-refractivity contribution in [2.45, 2.75) is 38.8 Å².